The van der Waals surface area contributed by atoms with Crippen molar-refractivity contribution in [2.75, 3.05) is 0 Å². The maximum absolute atomic E-state index is 10.9. The third-order valence-electron chi connectivity index (χ3n) is 4.12. The number of nitrogens with one attached hydrogen (secondary N) is 1. The van der Waals surface area contributed by atoms with Crippen LogP contribution in [0.2, 0.25) is 0 Å². The topological polar surface area (TPSA) is 32.3 Å². The molecule has 118 valence electrons. The third kappa shape index (κ3) is 4.91. The van der Waals surface area contributed by atoms with Crippen LogP contribution >= 0.6 is 8.73 Å². The van der Waals surface area contributed by atoms with Crippen LogP contribution in [0.4, 0.5) is 0 Å². The highest BCUT2D eigenvalue weighted by Gasteiger charge is 2.27. The van der Waals surface area contributed by atoms with E-state index >= 15 is 0 Å². The molecule has 0 saturated carbocycles. The van der Waals surface area contributed by atoms with Crippen LogP contribution in [0, 0.1) is 0 Å². The van der Waals surface area contributed by atoms with Crippen molar-refractivity contribution in [3.8, 4) is 0 Å². The number of rotatable bonds is 8. The van der Waals surface area contributed by atoms with E-state index in [1.54, 1.807) is 0 Å². The fraction of sp³-hybridized carbons (Fsp3) is 0.368. The Hall–Kier alpha value is -1.21. The summed E-state index contributed by atoms with van der Waals surface area (Å²) >= 11 is 0. The first-order valence-electron chi connectivity index (χ1n) is 7.98. The minimum absolute atomic E-state index is 0.389. The minimum atomic E-state index is -0.715. The fourth-order valence-electron chi connectivity index (χ4n) is 2.53. The molecule has 0 amide bonds. The molecule has 0 fully saturated rings. The smallest absolute Gasteiger partial charge is 0.0894 e. The van der Waals surface area contributed by atoms with Crippen molar-refractivity contribution >= 4 is 14.0 Å². The first-order chi connectivity index (χ1) is 10.6. The molecule has 22 heavy (non-hydrogen) atoms. The molecule has 2 aromatic carbocycles. The van der Waals surface area contributed by atoms with Crippen molar-refractivity contribution in [1.82, 2.24) is 5.09 Å². The molecular weight excluding hydrogens is 289 g/mol. The van der Waals surface area contributed by atoms with E-state index in [2.05, 4.69) is 43.2 Å². The summed E-state index contributed by atoms with van der Waals surface area (Å²) in [4.78, 5) is 0. The van der Waals surface area contributed by atoms with Crippen LogP contribution in [0.1, 0.15) is 38.7 Å². The second-order valence-electron chi connectivity index (χ2n) is 5.83. The largest absolute Gasteiger partial charge is 0.385 e. The van der Waals surface area contributed by atoms with Gasteiger partial charge in [-0.25, -0.2) is 0 Å². The summed E-state index contributed by atoms with van der Waals surface area (Å²) in [6, 6.07) is 20.9. The van der Waals surface area contributed by atoms with Gasteiger partial charge in [0.05, 0.1) is 5.60 Å². The molecule has 0 aliphatic heterocycles. The Morgan fingerprint density at radius 3 is 2.23 bits per heavy atom. The normalized spacial score (nSPS) is 15.8. The van der Waals surface area contributed by atoms with Gasteiger partial charge in [-0.1, -0.05) is 67.6 Å². The molecule has 2 rings (SSSR count). The Balaban J connectivity index is 1.85. The van der Waals surface area contributed by atoms with Gasteiger partial charge in [0.1, 0.15) is 0 Å². The van der Waals surface area contributed by atoms with Crippen molar-refractivity contribution in [2.45, 2.75) is 44.8 Å². The molecule has 2 aromatic rings. The van der Waals surface area contributed by atoms with E-state index in [0.717, 1.165) is 24.8 Å². The highest BCUT2D eigenvalue weighted by Crippen LogP contribution is 2.30. The summed E-state index contributed by atoms with van der Waals surface area (Å²) < 4.78 is 0. The van der Waals surface area contributed by atoms with Gasteiger partial charge in [-0.05, 0) is 45.8 Å². The van der Waals surface area contributed by atoms with Gasteiger partial charge in [0.25, 0.3) is 0 Å². The van der Waals surface area contributed by atoms with Gasteiger partial charge in [0.2, 0.25) is 0 Å². The predicted molar refractivity (Wildman–Crippen MR) is 96.9 cm³/mol. The van der Waals surface area contributed by atoms with Crippen LogP contribution in [0.5, 0.6) is 0 Å². The minimum Gasteiger partial charge on any atom is -0.385 e. The highest BCUT2D eigenvalue weighted by molar-refractivity contribution is 7.45. The number of aliphatic hydroxyl groups is 1. The molecule has 3 heteroatoms. The second kappa shape index (κ2) is 8.43. The van der Waals surface area contributed by atoms with E-state index in [0.29, 0.717) is 14.8 Å². The molecule has 0 bridgehead atoms. The standard InChI is InChI=1S/C19H26NOP/c1-3-19(21,17-10-6-4-7-11-17)15-14-16(2)20-22-18-12-8-5-9-13-18/h4-13,16,20-22H,3,14-15H2,1-2H3. The molecule has 0 heterocycles. The molecule has 0 aromatic heterocycles. The molecular formula is C19H26NOP. The van der Waals surface area contributed by atoms with Gasteiger partial charge < -0.3 is 5.11 Å². The maximum Gasteiger partial charge on any atom is 0.0894 e. The third-order valence-corrected chi connectivity index (χ3v) is 5.38. The van der Waals surface area contributed by atoms with Crippen molar-refractivity contribution in [3.63, 3.8) is 0 Å². The Labute approximate surface area is 135 Å². The average molecular weight is 315 g/mol. The Kier molecular flexibility index (Phi) is 6.57. The monoisotopic (exact) mass is 315 g/mol. The van der Waals surface area contributed by atoms with Gasteiger partial charge in [-0.3, -0.25) is 5.09 Å². The lowest BCUT2D eigenvalue weighted by Gasteiger charge is -2.29. The van der Waals surface area contributed by atoms with Crippen LogP contribution in [0.3, 0.4) is 0 Å². The van der Waals surface area contributed by atoms with E-state index < -0.39 is 5.60 Å². The van der Waals surface area contributed by atoms with Gasteiger partial charge in [0, 0.05) is 6.04 Å². The SMILES string of the molecule is CCC(O)(CCC(C)NPc1ccccc1)c1ccccc1. The maximum atomic E-state index is 10.9. The summed E-state index contributed by atoms with van der Waals surface area (Å²) in [7, 11) is 0.614. The summed E-state index contributed by atoms with van der Waals surface area (Å²) in [6.45, 7) is 4.24. The van der Waals surface area contributed by atoms with Gasteiger partial charge in [-0.2, -0.15) is 0 Å². The molecule has 0 spiro atoms. The van der Waals surface area contributed by atoms with E-state index in [1.165, 1.54) is 5.30 Å². The van der Waals surface area contributed by atoms with E-state index in [1.807, 2.05) is 36.4 Å². The number of hydrogen-bond acceptors (Lipinski definition) is 2. The van der Waals surface area contributed by atoms with Gasteiger partial charge in [-0.15, -0.1) is 0 Å². The average Bonchev–Trinajstić information content (AvgIpc) is 2.59. The zero-order valence-electron chi connectivity index (χ0n) is 13.4. The lowest BCUT2D eigenvalue weighted by atomic mass is 9.86. The first kappa shape index (κ1) is 17.1. The molecule has 0 aliphatic carbocycles. The second-order valence-corrected chi connectivity index (χ2v) is 6.94. The fourth-order valence-corrected chi connectivity index (χ4v) is 3.45. The van der Waals surface area contributed by atoms with Crippen LogP contribution in [0.15, 0.2) is 60.7 Å². The van der Waals surface area contributed by atoms with Crippen LogP contribution < -0.4 is 10.4 Å². The lowest BCUT2D eigenvalue weighted by molar-refractivity contribution is 0.0197. The van der Waals surface area contributed by atoms with Crippen LogP contribution in [0.25, 0.3) is 0 Å². The van der Waals surface area contributed by atoms with E-state index in [-0.39, 0.29) is 0 Å². The highest BCUT2D eigenvalue weighted by atomic mass is 31.1. The van der Waals surface area contributed by atoms with Crippen molar-refractivity contribution in [3.05, 3.63) is 66.2 Å². The van der Waals surface area contributed by atoms with Gasteiger partial charge in [0.15, 0.2) is 0 Å². The molecule has 0 radical (unpaired) electrons. The van der Waals surface area contributed by atoms with Crippen LogP contribution in [-0.4, -0.2) is 11.1 Å². The molecule has 3 atom stereocenters. The zero-order valence-corrected chi connectivity index (χ0v) is 14.4. The molecule has 2 nitrogen and oxygen atoms in total. The van der Waals surface area contributed by atoms with Crippen molar-refractivity contribution in [1.29, 1.82) is 0 Å². The van der Waals surface area contributed by atoms with Gasteiger partial charge >= 0.3 is 0 Å². The van der Waals surface area contributed by atoms with E-state index in [9.17, 15) is 5.11 Å². The van der Waals surface area contributed by atoms with Crippen molar-refractivity contribution < 1.29 is 5.11 Å². The first-order valence-corrected chi connectivity index (χ1v) is 8.98. The molecule has 0 aliphatic rings. The number of benzene rings is 2. The van der Waals surface area contributed by atoms with Crippen molar-refractivity contribution in [2.24, 2.45) is 0 Å². The summed E-state index contributed by atoms with van der Waals surface area (Å²) in [6.07, 6.45) is 2.48. The molecule has 0 saturated heterocycles. The Morgan fingerprint density at radius 2 is 1.64 bits per heavy atom. The predicted octanol–water partition coefficient (Wildman–Crippen LogP) is 3.96. The number of hydrogen-bond donors (Lipinski definition) is 2. The lowest BCUT2D eigenvalue weighted by Crippen LogP contribution is -2.29. The summed E-state index contributed by atoms with van der Waals surface area (Å²) in [5, 5.41) is 15.8. The molecule has 2 N–H and O–H groups in total. The van der Waals surface area contributed by atoms with E-state index in [4.69, 9.17) is 0 Å². The zero-order chi connectivity index (χ0) is 15.8. The summed E-state index contributed by atoms with van der Waals surface area (Å²) in [5.74, 6) is 0. The Bertz CT molecular complexity index is 546. The quantitative estimate of drug-likeness (QED) is 0.723. The molecule has 3 unspecified atom stereocenters. The summed E-state index contributed by atoms with van der Waals surface area (Å²) in [5.41, 5.74) is 0.308. The van der Waals surface area contributed by atoms with Crippen LogP contribution in [-0.2, 0) is 5.60 Å². The Morgan fingerprint density at radius 1 is 1.05 bits per heavy atom.